The van der Waals surface area contributed by atoms with Crippen LogP contribution in [-0.2, 0) is 0 Å². The molecule has 1 aromatic rings. The highest BCUT2D eigenvalue weighted by Crippen LogP contribution is 2.37. The van der Waals surface area contributed by atoms with Gasteiger partial charge in [0.15, 0.2) is 0 Å². The third-order valence-electron chi connectivity index (χ3n) is 4.29. The van der Waals surface area contributed by atoms with Gasteiger partial charge < -0.3 is 5.32 Å². The number of nitrogens with zero attached hydrogens (tertiary/aromatic N) is 3. The van der Waals surface area contributed by atoms with Crippen molar-refractivity contribution in [2.45, 2.75) is 50.1 Å². The quantitative estimate of drug-likeness (QED) is 0.834. The second-order valence-electron chi connectivity index (χ2n) is 6.00. The summed E-state index contributed by atoms with van der Waals surface area (Å²) >= 11 is 0. The lowest BCUT2D eigenvalue weighted by atomic mass is 10.2. The average Bonchev–Trinajstić information content (AvgIpc) is 3.34. The topological polar surface area (TPSA) is 73.9 Å². The minimum absolute atomic E-state index is 0.134. The van der Waals surface area contributed by atoms with E-state index in [9.17, 15) is 4.79 Å². The van der Waals surface area contributed by atoms with Crippen LogP contribution in [0.2, 0.25) is 0 Å². The number of aromatic amines is 1. The smallest absolute Gasteiger partial charge is 0.291 e. The predicted octanol–water partition coefficient (Wildman–Crippen LogP) is 0.649. The molecule has 1 unspecified atom stereocenters. The van der Waals surface area contributed by atoms with Crippen LogP contribution >= 0.6 is 0 Å². The van der Waals surface area contributed by atoms with Crippen molar-refractivity contribution in [2.24, 2.45) is 0 Å². The first-order valence-electron chi connectivity index (χ1n) is 7.27. The number of aromatic nitrogens is 3. The van der Waals surface area contributed by atoms with Gasteiger partial charge in [0.25, 0.3) is 5.91 Å². The van der Waals surface area contributed by atoms with E-state index >= 15 is 0 Å². The highest BCUT2D eigenvalue weighted by molar-refractivity contribution is 5.90. The summed E-state index contributed by atoms with van der Waals surface area (Å²) in [6.07, 6.45) is 6.02. The molecule has 3 fully saturated rings. The number of H-pyrrole nitrogens is 1. The summed E-state index contributed by atoms with van der Waals surface area (Å²) in [5, 5.41) is 9.96. The summed E-state index contributed by atoms with van der Waals surface area (Å²) in [7, 11) is 0. The molecular weight excluding hydrogens is 242 g/mol. The molecule has 3 aliphatic rings. The Hall–Kier alpha value is -1.43. The number of likely N-dealkylation sites (tertiary alicyclic amines) is 1. The summed E-state index contributed by atoms with van der Waals surface area (Å²) in [5.41, 5.74) is 0. The second-order valence-corrected chi connectivity index (χ2v) is 6.00. The molecule has 1 aliphatic heterocycles. The highest BCUT2D eigenvalue weighted by Gasteiger charge is 2.35. The molecule has 2 heterocycles. The zero-order valence-corrected chi connectivity index (χ0v) is 10.9. The maximum absolute atomic E-state index is 12.1. The molecule has 0 aromatic carbocycles. The maximum Gasteiger partial charge on any atom is 0.291 e. The van der Waals surface area contributed by atoms with Gasteiger partial charge in [-0.05, 0) is 32.1 Å². The molecule has 19 heavy (non-hydrogen) atoms. The van der Waals surface area contributed by atoms with E-state index in [2.05, 4.69) is 25.4 Å². The Morgan fingerprint density at radius 1 is 1.26 bits per heavy atom. The van der Waals surface area contributed by atoms with E-state index in [1.165, 1.54) is 12.8 Å². The van der Waals surface area contributed by atoms with E-state index in [-0.39, 0.29) is 11.9 Å². The van der Waals surface area contributed by atoms with Crippen molar-refractivity contribution in [3.8, 4) is 0 Å². The zero-order valence-electron chi connectivity index (χ0n) is 10.9. The fourth-order valence-corrected chi connectivity index (χ4v) is 2.84. The molecule has 2 N–H and O–H groups in total. The number of carbonyl (C=O) groups is 1. The van der Waals surface area contributed by atoms with Gasteiger partial charge in [0, 0.05) is 31.1 Å². The number of amides is 1. The zero-order chi connectivity index (χ0) is 12.8. The number of nitrogens with one attached hydrogen (secondary N) is 2. The first-order valence-corrected chi connectivity index (χ1v) is 7.27. The third-order valence-corrected chi connectivity index (χ3v) is 4.29. The van der Waals surface area contributed by atoms with E-state index in [1.54, 1.807) is 0 Å². The van der Waals surface area contributed by atoms with E-state index in [0.717, 1.165) is 44.2 Å². The Morgan fingerprint density at radius 2 is 2.11 bits per heavy atom. The van der Waals surface area contributed by atoms with Crippen LogP contribution in [-0.4, -0.2) is 51.2 Å². The molecule has 1 saturated heterocycles. The number of rotatable bonds is 4. The molecular formula is C13H19N5O. The molecule has 0 radical (unpaired) electrons. The Labute approximate surface area is 112 Å². The summed E-state index contributed by atoms with van der Waals surface area (Å²) in [6, 6.07) is 1.04. The van der Waals surface area contributed by atoms with Crippen LogP contribution in [0.4, 0.5) is 0 Å². The molecule has 2 aliphatic carbocycles. The average molecular weight is 261 g/mol. The van der Waals surface area contributed by atoms with Crippen LogP contribution in [0.1, 0.15) is 54.5 Å². The Morgan fingerprint density at radius 3 is 2.84 bits per heavy atom. The maximum atomic E-state index is 12.1. The van der Waals surface area contributed by atoms with Crippen molar-refractivity contribution in [1.82, 2.24) is 25.4 Å². The lowest BCUT2D eigenvalue weighted by Crippen LogP contribution is -2.38. The standard InChI is InChI=1S/C13H19N5O/c19-13(12-15-11(16-17-12)8-1-2-8)14-9-5-6-18(7-9)10-3-4-10/h8-10H,1-7H2,(H,14,19)(H,15,16,17). The van der Waals surface area contributed by atoms with Gasteiger partial charge in [0.05, 0.1) is 0 Å². The molecule has 1 atom stereocenters. The molecule has 1 amide bonds. The fourth-order valence-electron chi connectivity index (χ4n) is 2.84. The predicted molar refractivity (Wildman–Crippen MR) is 68.8 cm³/mol. The largest absolute Gasteiger partial charge is 0.345 e. The Kier molecular flexibility index (Phi) is 2.58. The van der Waals surface area contributed by atoms with Crippen molar-refractivity contribution >= 4 is 5.91 Å². The monoisotopic (exact) mass is 261 g/mol. The molecule has 2 saturated carbocycles. The van der Waals surface area contributed by atoms with Gasteiger partial charge in [-0.15, -0.1) is 5.10 Å². The molecule has 1 aromatic heterocycles. The van der Waals surface area contributed by atoms with Crippen LogP contribution in [0.15, 0.2) is 0 Å². The van der Waals surface area contributed by atoms with E-state index in [4.69, 9.17) is 0 Å². The van der Waals surface area contributed by atoms with Gasteiger partial charge in [-0.3, -0.25) is 14.8 Å². The summed E-state index contributed by atoms with van der Waals surface area (Å²) in [4.78, 5) is 18.8. The minimum atomic E-state index is -0.134. The summed E-state index contributed by atoms with van der Waals surface area (Å²) < 4.78 is 0. The Bertz CT molecular complexity index is 491. The first kappa shape index (κ1) is 11.4. The molecule has 0 bridgehead atoms. The number of carbonyl (C=O) groups excluding carboxylic acids is 1. The van der Waals surface area contributed by atoms with Gasteiger partial charge in [-0.1, -0.05) is 0 Å². The molecule has 6 nitrogen and oxygen atoms in total. The fraction of sp³-hybridized carbons (Fsp3) is 0.769. The van der Waals surface area contributed by atoms with Gasteiger partial charge in [-0.25, -0.2) is 4.98 Å². The van der Waals surface area contributed by atoms with Gasteiger partial charge in [0.1, 0.15) is 5.82 Å². The SMILES string of the molecule is O=C(NC1CCN(C2CC2)C1)c1n[nH]c(C2CC2)n1. The molecule has 0 spiro atoms. The number of hydrogen-bond acceptors (Lipinski definition) is 4. The van der Waals surface area contributed by atoms with Gasteiger partial charge in [-0.2, -0.15) is 0 Å². The minimum Gasteiger partial charge on any atom is -0.345 e. The molecule has 6 heteroatoms. The Balaban J connectivity index is 1.35. The van der Waals surface area contributed by atoms with E-state index in [0.29, 0.717) is 11.7 Å². The second kappa shape index (κ2) is 4.30. The van der Waals surface area contributed by atoms with Crippen LogP contribution < -0.4 is 5.32 Å². The molecule has 102 valence electrons. The molecule has 4 rings (SSSR count). The van der Waals surface area contributed by atoms with Crippen molar-refractivity contribution in [2.75, 3.05) is 13.1 Å². The van der Waals surface area contributed by atoms with Crippen LogP contribution in [0.5, 0.6) is 0 Å². The summed E-state index contributed by atoms with van der Waals surface area (Å²) in [6.45, 7) is 2.09. The normalized spacial score (nSPS) is 27.7. The van der Waals surface area contributed by atoms with E-state index in [1.807, 2.05) is 0 Å². The first-order chi connectivity index (χ1) is 9.29. The third kappa shape index (κ3) is 2.36. The lowest BCUT2D eigenvalue weighted by Gasteiger charge is -2.14. The summed E-state index contributed by atoms with van der Waals surface area (Å²) in [5.74, 6) is 1.54. The number of hydrogen-bond donors (Lipinski definition) is 2. The van der Waals surface area contributed by atoms with Crippen molar-refractivity contribution in [1.29, 1.82) is 0 Å². The van der Waals surface area contributed by atoms with Crippen LogP contribution in [0, 0.1) is 0 Å². The van der Waals surface area contributed by atoms with Crippen molar-refractivity contribution in [3.63, 3.8) is 0 Å². The van der Waals surface area contributed by atoms with Crippen LogP contribution in [0.3, 0.4) is 0 Å². The van der Waals surface area contributed by atoms with Crippen LogP contribution in [0.25, 0.3) is 0 Å². The van der Waals surface area contributed by atoms with E-state index < -0.39 is 0 Å². The van der Waals surface area contributed by atoms with Crippen molar-refractivity contribution in [3.05, 3.63) is 11.6 Å². The van der Waals surface area contributed by atoms with Gasteiger partial charge >= 0.3 is 0 Å². The highest BCUT2D eigenvalue weighted by atomic mass is 16.2. The lowest BCUT2D eigenvalue weighted by molar-refractivity contribution is 0.0927. The van der Waals surface area contributed by atoms with Gasteiger partial charge in [0.2, 0.25) is 5.82 Å². The van der Waals surface area contributed by atoms with Crippen molar-refractivity contribution < 1.29 is 4.79 Å².